The minimum absolute atomic E-state index is 0.0585. The summed E-state index contributed by atoms with van der Waals surface area (Å²) in [6.45, 7) is 2.53. The standard InChI is InChI=1S/C11H15N3O4S/c1-8-6-19(17,18)3-2-14(8)5-10-9(11(15)16)4-12-7-13-10/h4,7-8H,2-3,5-6H2,1H3,(H,15,16). The molecule has 1 aliphatic rings. The number of nitrogens with zero attached hydrogens (tertiary/aromatic N) is 3. The summed E-state index contributed by atoms with van der Waals surface area (Å²) in [6, 6.07) is -0.143. The van der Waals surface area contributed by atoms with E-state index in [-0.39, 0.29) is 23.1 Å². The first kappa shape index (κ1) is 13.9. The van der Waals surface area contributed by atoms with Crippen molar-refractivity contribution in [2.24, 2.45) is 0 Å². The third kappa shape index (κ3) is 3.27. The Morgan fingerprint density at radius 2 is 2.32 bits per heavy atom. The van der Waals surface area contributed by atoms with E-state index in [0.717, 1.165) is 0 Å². The lowest BCUT2D eigenvalue weighted by Gasteiger charge is -2.32. The molecule has 1 saturated heterocycles. The Balaban J connectivity index is 2.16. The van der Waals surface area contributed by atoms with Gasteiger partial charge in [0.25, 0.3) is 0 Å². The quantitative estimate of drug-likeness (QED) is 0.820. The minimum atomic E-state index is -2.97. The molecule has 104 valence electrons. The second kappa shape index (κ2) is 5.22. The molecule has 1 unspecified atom stereocenters. The lowest BCUT2D eigenvalue weighted by Crippen LogP contribution is -2.46. The zero-order chi connectivity index (χ0) is 14.0. The van der Waals surface area contributed by atoms with Gasteiger partial charge in [-0.05, 0) is 6.92 Å². The highest BCUT2D eigenvalue weighted by Gasteiger charge is 2.29. The number of carbonyl (C=O) groups is 1. The Bertz CT molecular complexity index is 587. The average molecular weight is 285 g/mol. The molecule has 0 amide bonds. The van der Waals surface area contributed by atoms with E-state index in [4.69, 9.17) is 5.11 Å². The van der Waals surface area contributed by atoms with Crippen LogP contribution in [0.3, 0.4) is 0 Å². The lowest BCUT2D eigenvalue weighted by molar-refractivity contribution is 0.0692. The van der Waals surface area contributed by atoms with Crippen molar-refractivity contribution in [3.63, 3.8) is 0 Å². The van der Waals surface area contributed by atoms with Crippen molar-refractivity contribution < 1.29 is 18.3 Å². The highest BCUT2D eigenvalue weighted by molar-refractivity contribution is 7.91. The van der Waals surface area contributed by atoms with Gasteiger partial charge < -0.3 is 5.11 Å². The Labute approximate surface area is 111 Å². The van der Waals surface area contributed by atoms with E-state index >= 15 is 0 Å². The molecule has 19 heavy (non-hydrogen) atoms. The van der Waals surface area contributed by atoms with Crippen LogP contribution in [0.1, 0.15) is 23.0 Å². The number of aromatic nitrogens is 2. The maximum Gasteiger partial charge on any atom is 0.339 e. The first-order valence-electron chi connectivity index (χ1n) is 5.86. The second-order valence-electron chi connectivity index (χ2n) is 4.62. The van der Waals surface area contributed by atoms with Gasteiger partial charge in [0.15, 0.2) is 9.84 Å². The first-order chi connectivity index (χ1) is 8.89. The number of rotatable bonds is 3. The smallest absolute Gasteiger partial charge is 0.339 e. The van der Waals surface area contributed by atoms with Crippen molar-refractivity contribution in [3.05, 3.63) is 23.8 Å². The number of sulfone groups is 1. The van der Waals surface area contributed by atoms with Crippen molar-refractivity contribution in [1.29, 1.82) is 0 Å². The number of hydrogen-bond acceptors (Lipinski definition) is 6. The fraction of sp³-hybridized carbons (Fsp3) is 0.545. The van der Waals surface area contributed by atoms with Crippen molar-refractivity contribution in [2.45, 2.75) is 19.5 Å². The summed E-state index contributed by atoms with van der Waals surface area (Å²) < 4.78 is 23.0. The van der Waals surface area contributed by atoms with Crippen LogP contribution in [-0.2, 0) is 16.4 Å². The van der Waals surface area contributed by atoms with Gasteiger partial charge in [0.05, 0.1) is 17.2 Å². The predicted molar refractivity (Wildman–Crippen MR) is 67.5 cm³/mol. The molecule has 1 fully saturated rings. The zero-order valence-corrected chi connectivity index (χ0v) is 11.3. The number of carboxylic acids is 1. The third-order valence-corrected chi connectivity index (χ3v) is 4.98. The Morgan fingerprint density at radius 1 is 1.58 bits per heavy atom. The van der Waals surface area contributed by atoms with Gasteiger partial charge in [-0.1, -0.05) is 0 Å². The van der Waals surface area contributed by atoms with Gasteiger partial charge in [-0.15, -0.1) is 0 Å². The third-order valence-electron chi connectivity index (χ3n) is 3.19. The fourth-order valence-corrected chi connectivity index (χ4v) is 3.74. The lowest BCUT2D eigenvalue weighted by atomic mass is 10.2. The topological polar surface area (TPSA) is 100 Å². The second-order valence-corrected chi connectivity index (χ2v) is 6.85. The van der Waals surface area contributed by atoms with E-state index in [1.165, 1.54) is 12.5 Å². The normalized spacial score (nSPS) is 23.1. The summed E-state index contributed by atoms with van der Waals surface area (Å²) >= 11 is 0. The van der Waals surface area contributed by atoms with E-state index < -0.39 is 15.8 Å². The molecule has 1 aromatic heterocycles. The number of aromatic carboxylic acids is 1. The molecule has 1 atom stereocenters. The molecule has 0 aromatic carbocycles. The monoisotopic (exact) mass is 285 g/mol. The van der Waals surface area contributed by atoms with Gasteiger partial charge in [-0.3, -0.25) is 4.90 Å². The van der Waals surface area contributed by atoms with Crippen LogP contribution >= 0.6 is 0 Å². The molecule has 0 radical (unpaired) electrons. The molecule has 0 aliphatic carbocycles. The maximum absolute atomic E-state index is 11.5. The molecule has 1 N–H and O–H groups in total. The molecule has 2 heterocycles. The maximum atomic E-state index is 11.5. The minimum Gasteiger partial charge on any atom is -0.478 e. The van der Waals surface area contributed by atoms with Crippen molar-refractivity contribution >= 4 is 15.8 Å². The number of hydrogen-bond donors (Lipinski definition) is 1. The van der Waals surface area contributed by atoms with Gasteiger partial charge in [0.2, 0.25) is 0 Å². The molecule has 0 spiro atoms. The van der Waals surface area contributed by atoms with E-state index in [0.29, 0.717) is 18.8 Å². The van der Waals surface area contributed by atoms with Crippen LogP contribution in [0.5, 0.6) is 0 Å². The SMILES string of the molecule is CC1CS(=O)(=O)CCN1Cc1ncncc1C(=O)O. The van der Waals surface area contributed by atoms with Gasteiger partial charge >= 0.3 is 5.97 Å². The van der Waals surface area contributed by atoms with E-state index in [2.05, 4.69) is 9.97 Å². The summed E-state index contributed by atoms with van der Waals surface area (Å²) in [4.78, 5) is 20.7. The molecular weight excluding hydrogens is 270 g/mol. The summed E-state index contributed by atoms with van der Waals surface area (Å²) in [6.07, 6.45) is 2.56. The van der Waals surface area contributed by atoms with Crippen LogP contribution in [0.4, 0.5) is 0 Å². The summed E-state index contributed by atoms with van der Waals surface area (Å²) in [5.74, 6) is -0.876. The molecule has 0 bridgehead atoms. The Kier molecular flexibility index (Phi) is 3.81. The van der Waals surface area contributed by atoms with E-state index in [1.54, 1.807) is 0 Å². The molecule has 0 saturated carbocycles. The summed E-state index contributed by atoms with van der Waals surface area (Å²) in [5.41, 5.74) is 0.469. The van der Waals surface area contributed by atoms with Crippen molar-refractivity contribution in [2.75, 3.05) is 18.1 Å². The van der Waals surface area contributed by atoms with Gasteiger partial charge in [0.1, 0.15) is 11.9 Å². The molecular formula is C11H15N3O4S. The van der Waals surface area contributed by atoms with Crippen LogP contribution in [0.25, 0.3) is 0 Å². The Morgan fingerprint density at radius 3 is 2.95 bits per heavy atom. The van der Waals surface area contributed by atoms with Crippen LogP contribution in [0.2, 0.25) is 0 Å². The predicted octanol–water partition coefficient (Wildman–Crippen LogP) is -0.206. The Hall–Kier alpha value is -1.54. The molecule has 2 rings (SSSR count). The summed E-state index contributed by atoms with van der Waals surface area (Å²) in [5, 5.41) is 9.05. The van der Waals surface area contributed by atoms with Gasteiger partial charge in [-0.25, -0.2) is 23.2 Å². The van der Waals surface area contributed by atoms with Gasteiger partial charge in [-0.2, -0.15) is 0 Å². The zero-order valence-electron chi connectivity index (χ0n) is 10.5. The van der Waals surface area contributed by atoms with Crippen LogP contribution < -0.4 is 0 Å². The largest absolute Gasteiger partial charge is 0.478 e. The molecule has 8 heteroatoms. The first-order valence-corrected chi connectivity index (χ1v) is 7.68. The molecule has 1 aliphatic heterocycles. The highest BCUT2D eigenvalue weighted by Crippen LogP contribution is 2.16. The molecule has 1 aromatic rings. The van der Waals surface area contributed by atoms with Gasteiger partial charge in [0, 0.05) is 25.3 Å². The van der Waals surface area contributed by atoms with Crippen molar-refractivity contribution in [3.8, 4) is 0 Å². The van der Waals surface area contributed by atoms with E-state index in [1.807, 2.05) is 11.8 Å². The van der Waals surface area contributed by atoms with Crippen molar-refractivity contribution in [1.82, 2.24) is 14.9 Å². The van der Waals surface area contributed by atoms with Crippen LogP contribution in [-0.4, -0.2) is 58.5 Å². The van der Waals surface area contributed by atoms with Crippen LogP contribution in [0, 0.1) is 0 Å². The molecule has 7 nitrogen and oxygen atoms in total. The highest BCUT2D eigenvalue weighted by atomic mass is 32.2. The summed E-state index contributed by atoms with van der Waals surface area (Å²) in [7, 11) is -2.97. The van der Waals surface area contributed by atoms with E-state index in [9.17, 15) is 13.2 Å². The number of carboxylic acid groups (broad SMARTS) is 1. The average Bonchev–Trinajstić information content (AvgIpc) is 2.32. The van der Waals surface area contributed by atoms with Crippen LogP contribution in [0.15, 0.2) is 12.5 Å². The fourth-order valence-electron chi connectivity index (χ4n) is 2.12.